The summed E-state index contributed by atoms with van der Waals surface area (Å²) in [5.74, 6) is 0. The number of nitrogens with one attached hydrogen (secondary N) is 1. The molecule has 0 radical (unpaired) electrons. The zero-order valence-electron chi connectivity index (χ0n) is 7.88. The van der Waals surface area contributed by atoms with Crippen LogP contribution in [0.15, 0.2) is 12.1 Å². The summed E-state index contributed by atoms with van der Waals surface area (Å²) in [4.78, 5) is 2.81. The molecule has 0 saturated carbocycles. The minimum Gasteiger partial charge on any atom is -0.370 e. The highest BCUT2D eigenvalue weighted by atomic mass is 32.1. The Morgan fingerprint density at radius 1 is 1.62 bits per heavy atom. The van der Waals surface area contributed by atoms with Crippen LogP contribution in [0.25, 0.3) is 0 Å². The van der Waals surface area contributed by atoms with Gasteiger partial charge in [-0.3, -0.25) is 0 Å². The fraction of sp³-hybridized carbons (Fsp3) is 0.600. The van der Waals surface area contributed by atoms with Crippen molar-refractivity contribution < 1.29 is 4.74 Å². The van der Waals surface area contributed by atoms with E-state index < -0.39 is 0 Å². The van der Waals surface area contributed by atoms with Crippen LogP contribution in [0.2, 0.25) is 0 Å². The van der Waals surface area contributed by atoms with E-state index in [4.69, 9.17) is 4.74 Å². The zero-order chi connectivity index (χ0) is 9.10. The van der Waals surface area contributed by atoms with Crippen molar-refractivity contribution in [3.8, 4) is 0 Å². The van der Waals surface area contributed by atoms with E-state index in [9.17, 15) is 0 Å². The Balaban J connectivity index is 2.05. The van der Waals surface area contributed by atoms with Gasteiger partial charge >= 0.3 is 0 Å². The molecule has 2 rings (SSSR count). The van der Waals surface area contributed by atoms with Gasteiger partial charge in [-0.1, -0.05) is 6.92 Å². The topological polar surface area (TPSA) is 21.3 Å². The van der Waals surface area contributed by atoms with Crippen molar-refractivity contribution in [2.24, 2.45) is 0 Å². The first-order chi connectivity index (χ1) is 6.40. The van der Waals surface area contributed by atoms with E-state index in [2.05, 4.69) is 24.4 Å². The first-order valence-electron chi connectivity index (χ1n) is 4.81. The van der Waals surface area contributed by atoms with Gasteiger partial charge < -0.3 is 10.1 Å². The molecule has 1 aromatic heterocycles. The summed E-state index contributed by atoms with van der Waals surface area (Å²) >= 11 is 1.87. The molecular weight excluding hydrogens is 182 g/mol. The molecule has 13 heavy (non-hydrogen) atoms. The van der Waals surface area contributed by atoms with Gasteiger partial charge in [0.15, 0.2) is 0 Å². The Hall–Kier alpha value is -0.380. The predicted molar refractivity (Wildman–Crippen MR) is 55.3 cm³/mol. The zero-order valence-corrected chi connectivity index (χ0v) is 8.69. The van der Waals surface area contributed by atoms with Crippen LogP contribution in [-0.4, -0.2) is 19.7 Å². The van der Waals surface area contributed by atoms with Crippen LogP contribution >= 0.6 is 11.3 Å². The van der Waals surface area contributed by atoms with E-state index in [0.717, 1.165) is 26.1 Å². The van der Waals surface area contributed by atoms with E-state index in [1.165, 1.54) is 9.75 Å². The normalized spacial score (nSPS) is 23.3. The van der Waals surface area contributed by atoms with Gasteiger partial charge in [0.1, 0.15) is 6.10 Å². The van der Waals surface area contributed by atoms with E-state index >= 15 is 0 Å². The molecule has 2 nitrogen and oxygen atoms in total. The van der Waals surface area contributed by atoms with Gasteiger partial charge in [0.2, 0.25) is 0 Å². The second-order valence-corrected chi connectivity index (χ2v) is 4.42. The van der Waals surface area contributed by atoms with Crippen molar-refractivity contribution in [1.82, 2.24) is 5.32 Å². The molecule has 3 heteroatoms. The molecule has 1 aliphatic heterocycles. The van der Waals surface area contributed by atoms with Crippen molar-refractivity contribution in [3.63, 3.8) is 0 Å². The van der Waals surface area contributed by atoms with E-state index in [-0.39, 0.29) is 0 Å². The summed E-state index contributed by atoms with van der Waals surface area (Å²) in [5, 5.41) is 3.34. The SMILES string of the molecule is CCc1ccc(C2CNCCO2)s1. The summed E-state index contributed by atoms with van der Waals surface area (Å²) < 4.78 is 5.67. The maximum atomic E-state index is 5.67. The molecule has 0 bridgehead atoms. The van der Waals surface area contributed by atoms with Crippen molar-refractivity contribution in [2.45, 2.75) is 19.4 Å². The highest BCUT2D eigenvalue weighted by Gasteiger charge is 2.16. The standard InChI is InChI=1S/C10H15NOS/c1-2-8-3-4-10(13-8)9-7-11-5-6-12-9/h3-4,9,11H,2,5-7H2,1H3. The lowest BCUT2D eigenvalue weighted by Gasteiger charge is -2.22. The van der Waals surface area contributed by atoms with Gasteiger partial charge in [-0.15, -0.1) is 11.3 Å². The number of morpholine rings is 1. The van der Waals surface area contributed by atoms with Crippen LogP contribution in [0.4, 0.5) is 0 Å². The van der Waals surface area contributed by atoms with E-state index in [0.29, 0.717) is 6.10 Å². The molecule has 1 unspecified atom stereocenters. The average molecular weight is 197 g/mol. The highest BCUT2D eigenvalue weighted by Crippen LogP contribution is 2.26. The fourth-order valence-corrected chi connectivity index (χ4v) is 2.51. The molecule has 1 fully saturated rings. The maximum Gasteiger partial charge on any atom is 0.104 e. The Morgan fingerprint density at radius 2 is 2.54 bits per heavy atom. The molecule has 72 valence electrons. The van der Waals surface area contributed by atoms with Gasteiger partial charge in [0.05, 0.1) is 6.61 Å². The monoisotopic (exact) mass is 197 g/mol. The number of rotatable bonds is 2. The third-order valence-electron chi connectivity index (χ3n) is 2.28. The highest BCUT2D eigenvalue weighted by molar-refractivity contribution is 7.12. The molecule has 0 aromatic carbocycles. The van der Waals surface area contributed by atoms with E-state index in [1.807, 2.05) is 11.3 Å². The van der Waals surface area contributed by atoms with Crippen molar-refractivity contribution in [3.05, 3.63) is 21.9 Å². The molecule has 1 saturated heterocycles. The molecule has 1 atom stereocenters. The van der Waals surface area contributed by atoms with Crippen LogP contribution < -0.4 is 5.32 Å². The minimum absolute atomic E-state index is 0.291. The van der Waals surface area contributed by atoms with Crippen LogP contribution in [0.5, 0.6) is 0 Å². The second-order valence-electron chi connectivity index (χ2n) is 3.22. The molecule has 1 aliphatic rings. The molecule has 0 amide bonds. The first kappa shape index (κ1) is 9.19. The third-order valence-corrected chi connectivity index (χ3v) is 3.60. The predicted octanol–water partition coefficient (Wildman–Crippen LogP) is 1.97. The smallest absolute Gasteiger partial charge is 0.104 e. The fourth-order valence-electron chi connectivity index (χ4n) is 1.51. The van der Waals surface area contributed by atoms with Gasteiger partial charge in [0, 0.05) is 22.8 Å². The summed E-state index contributed by atoms with van der Waals surface area (Å²) in [7, 11) is 0. The third kappa shape index (κ3) is 2.10. The summed E-state index contributed by atoms with van der Waals surface area (Å²) in [6.45, 7) is 4.98. The van der Waals surface area contributed by atoms with Crippen LogP contribution in [0.1, 0.15) is 22.8 Å². The van der Waals surface area contributed by atoms with Crippen LogP contribution in [0.3, 0.4) is 0 Å². The number of aryl methyl sites for hydroxylation is 1. The quantitative estimate of drug-likeness (QED) is 0.782. The molecule has 1 aromatic rings. The molecule has 0 aliphatic carbocycles. The van der Waals surface area contributed by atoms with Crippen molar-refractivity contribution in [2.75, 3.05) is 19.7 Å². The second kappa shape index (κ2) is 4.22. The molecule has 2 heterocycles. The summed E-state index contributed by atoms with van der Waals surface area (Å²) in [6.07, 6.45) is 1.42. The van der Waals surface area contributed by atoms with E-state index in [1.54, 1.807) is 0 Å². The first-order valence-corrected chi connectivity index (χ1v) is 5.62. The molecule has 1 N–H and O–H groups in total. The van der Waals surface area contributed by atoms with Crippen molar-refractivity contribution in [1.29, 1.82) is 0 Å². The largest absolute Gasteiger partial charge is 0.370 e. The minimum atomic E-state index is 0.291. The number of hydrogen-bond acceptors (Lipinski definition) is 3. The Bertz CT molecular complexity index is 266. The van der Waals surface area contributed by atoms with Crippen molar-refractivity contribution >= 4 is 11.3 Å². The molecule has 0 spiro atoms. The lowest BCUT2D eigenvalue weighted by molar-refractivity contribution is 0.0299. The summed E-state index contributed by atoms with van der Waals surface area (Å²) in [5.41, 5.74) is 0. The van der Waals surface area contributed by atoms with Crippen LogP contribution in [-0.2, 0) is 11.2 Å². The van der Waals surface area contributed by atoms with Gasteiger partial charge in [-0.2, -0.15) is 0 Å². The number of ether oxygens (including phenoxy) is 1. The van der Waals surface area contributed by atoms with Crippen LogP contribution in [0, 0.1) is 0 Å². The maximum absolute atomic E-state index is 5.67. The van der Waals surface area contributed by atoms with Gasteiger partial charge in [-0.05, 0) is 18.6 Å². The Morgan fingerprint density at radius 3 is 3.15 bits per heavy atom. The number of hydrogen-bond donors (Lipinski definition) is 1. The van der Waals surface area contributed by atoms with Gasteiger partial charge in [-0.25, -0.2) is 0 Å². The average Bonchev–Trinajstić information content (AvgIpc) is 2.67. The lowest BCUT2D eigenvalue weighted by Crippen LogP contribution is -2.32. The lowest BCUT2D eigenvalue weighted by atomic mass is 10.2. The molecular formula is C10H15NOS. The summed E-state index contributed by atoms with van der Waals surface area (Å²) in [6, 6.07) is 4.40. The van der Waals surface area contributed by atoms with Gasteiger partial charge in [0.25, 0.3) is 0 Å². The Kier molecular flexibility index (Phi) is 2.98. The Labute approximate surface area is 82.9 Å². The number of thiophene rings is 1.